The number of nitrogens with zero attached hydrogens (tertiary/aromatic N) is 3. The molecule has 1 saturated heterocycles. The summed E-state index contributed by atoms with van der Waals surface area (Å²) in [5, 5.41) is 2.39. The summed E-state index contributed by atoms with van der Waals surface area (Å²) in [5.41, 5.74) is 2.07. The van der Waals surface area contributed by atoms with Crippen LogP contribution in [0.3, 0.4) is 0 Å². The summed E-state index contributed by atoms with van der Waals surface area (Å²) in [5.74, 6) is 0.712. The van der Waals surface area contributed by atoms with Gasteiger partial charge in [0.05, 0.1) is 5.69 Å². The van der Waals surface area contributed by atoms with Gasteiger partial charge in [-0.3, -0.25) is 4.90 Å². The molecule has 2 heterocycles. The lowest BCUT2D eigenvalue weighted by atomic mass is 10.0. The van der Waals surface area contributed by atoms with E-state index in [1.165, 1.54) is 36.7 Å². The normalized spacial score (nSPS) is 16.8. The van der Waals surface area contributed by atoms with Gasteiger partial charge in [-0.15, -0.1) is 0 Å². The van der Waals surface area contributed by atoms with Crippen molar-refractivity contribution in [3.8, 4) is 11.5 Å². The third-order valence-electron chi connectivity index (χ3n) is 5.29. The first-order chi connectivity index (χ1) is 12.2. The van der Waals surface area contributed by atoms with E-state index >= 15 is 0 Å². The molecule has 1 aromatic heterocycles. The van der Waals surface area contributed by atoms with Crippen molar-refractivity contribution in [1.29, 1.82) is 0 Å². The number of hydrogen-bond acceptors (Lipinski definition) is 4. The Morgan fingerprint density at radius 2 is 1.88 bits per heavy atom. The molecule has 4 heteroatoms. The molecule has 130 valence electrons. The molecular weight excluding hydrogens is 310 g/mol. The molecule has 2 aromatic carbocycles. The lowest BCUT2D eigenvalue weighted by Crippen LogP contribution is -2.41. The van der Waals surface area contributed by atoms with E-state index in [2.05, 4.69) is 66.4 Å². The fourth-order valence-electron chi connectivity index (χ4n) is 3.74. The SMILES string of the molecule is CN1CCC(N(C)Cc2coc(-c3cccc4ccccc34)n2)CC1. The van der Waals surface area contributed by atoms with Crippen molar-refractivity contribution in [1.82, 2.24) is 14.8 Å². The van der Waals surface area contributed by atoms with Gasteiger partial charge in [-0.2, -0.15) is 0 Å². The highest BCUT2D eigenvalue weighted by atomic mass is 16.3. The van der Waals surface area contributed by atoms with Crippen LogP contribution in [0.15, 0.2) is 53.1 Å². The smallest absolute Gasteiger partial charge is 0.226 e. The Labute approximate surface area is 149 Å². The molecule has 25 heavy (non-hydrogen) atoms. The van der Waals surface area contributed by atoms with E-state index in [9.17, 15) is 0 Å². The molecule has 0 N–H and O–H groups in total. The van der Waals surface area contributed by atoms with Crippen LogP contribution in [0.25, 0.3) is 22.2 Å². The van der Waals surface area contributed by atoms with E-state index in [0.717, 1.165) is 17.8 Å². The van der Waals surface area contributed by atoms with Crippen molar-refractivity contribution in [2.45, 2.75) is 25.4 Å². The summed E-state index contributed by atoms with van der Waals surface area (Å²) >= 11 is 0. The van der Waals surface area contributed by atoms with Crippen LogP contribution in [0.5, 0.6) is 0 Å². The molecule has 4 rings (SSSR count). The molecule has 4 nitrogen and oxygen atoms in total. The fraction of sp³-hybridized carbons (Fsp3) is 0.381. The zero-order valence-electron chi connectivity index (χ0n) is 15.0. The maximum atomic E-state index is 5.82. The quantitative estimate of drug-likeness (QED) is 0.721. The molecule has 0 radical (unpaired) electrons. The van der Waals surface area contributed by atoms with E-state index in [-0.39, 0.29) is 0 Å². The molecule has 1 aliphatic heterocycles. The summed E-state index contributed by atoms with van der Waals surface area (Å²) in [6, 6.07) is 15.3. The van der Waals surface area contributed by atoms with Gasteiger partial charge < -0.3 is 9.32 Å². The Bertz CT molecular complexity index is 844. The molecular formula is C21H25N3O. The van der Waals surface area contributed by atoms with Gasteiger partial charge in [0.1, 0.15) is 6.26 Å². The zero-order chi connectivity index (χ0) is 17.2. The number of aromatic nitrogens is 1. The van der Waals surface area contributed by atoms with Crippen molar-refractivity contribution >= 4 is 10.8 Å². The lowest BCUT2D eigenvalue weighted by Gasteiger charge is -2.34. The van der Waals surface area contributed by atoms with Gasteiger partial charge >= 0.3 is 0 Å². The summed E-state index contributed by atoms with van der Waals surface area (Å²) in [6.07, 6.45) is 4.25. The van der Waals surface area contributed by atoms with Gasteiger partial charge in [-0.25, -0.2) is 4.98 Å². The molecule has 0 aliphatic carbocycles. The summed E-state index contributed by atoms with van der Waals surface area (Å²) in [7, 11) is 4.40. The lowest BCUT2D eigenvalue weighted by molar-refractivity contribution is 0.138. The summed E-state index contributed by atoms with van der Waals surface area (Å²) in [6.45, 7) is 3.19. The highest BCUT2D eigenvalue weighted by Gasteiger charge is 2.21. The Balaban J connectivity index is 1.52. The van der Waals surface area contributed by atoms with Crippen LogP contribution in [0, 0.1) is 0 Å². The van der Waals surface area contributed by atoms with Gasteiger partial charge in [0.2, 0.25) is 5.89 Å². The number of piperidine rings is 1. The molecule has 0 saturated carbocycles. The van der Waals surface area contributed by atoms with Crippen LogP contribution >= 0.6 is 0 Å². The van der Waals surface area contributed by atoms with Crippen molar-refractivity contribution in [3.05, 3.63) is 54.4 Å². The minimum Gasteiger partial charge on any atom is -0.444 e. The van der Waals surface area contributed by atoms with E-state index < -0.39 is 0 Å². The first kappa shape index (κ1) is 16.3. The molecule has 0 spiro atoms. The van der Waals surface area contributed by atoms with E-state index in [0.29, 0.717) is 11.9 Å². The minimum absolute atomic E-state index is 0.633. The van der Waals surface area contributed by atoms with Crippen LogP contribution in [0.2, 0.25) is 0 Å². The molecule has 0 atom stereocenters. The number of benzene rings is 2. The van der Waals surface area contributed by atoms with Crippen molar-refractivity contribution in [3.63, 3.8) is 0 Å². The summed E-state index contributed by atoms with van der Waals surface area (Å²) < 4.78 is 5.82. The van der Waals surface area contributed by atoms with Gasteiger partial charge in [0.15, 0.2) is 0 Å². The maximum absolute atomic E-state index is 5.82. The molecule has 3 aromatic rings. The molecule has 0 bridgehead atoms. The Hall–Kier alpha value is -2.17. The van der Waals surface area contributed by atoms with Crippen LogP contribution in [0.1, 0.15) is 18.5 Å². The second-order valence-electron chi connectivity index (χ2n) is 7.12. The number of rotatable bonds is 4. The topological polar surface area (TPSA) is 32.5 Å². The third kappa shape index (κ3) is 3.46. The number of oxazole rings is 1. The van der Waals surface area contributed by atoms with Gasteiger partial charge in [0.25, 0.3) is 0 Å². The van der Waals surface area contributed by atoms with Crippen molar-refractivity contribution in [2.75, 3.05) is 27.2 Å². The third-order valence-corrected chi connectivity index (χ3v) is 5.29. The van der Waals surface area contributed by atoms with Crippen LogP contribution < -0.4 is 0 Å². The van der Waals surface area contributed by atoms with Gasteiger partial charge in [0, 0.05) is 18.2 Å². The second-order valence-corrected chi connectivity index (χ2v) is 7.12. The first-order valence-electron chi connectivity index (χ1n) is 9.02. The van der Waals surface area contributed by atoms with Crippen LogP contribution in [-0.4, -0.2) is 48.0 Å². The highest BCUT2D eigenvalue weighted by molar-refractivity contribution is 5.94. The maximum Gasteiger partial charge on any atom is 0.226 e. The molecule has 1 fully saturated rings. The van der Waals surface area contributed by atoms with Crippen LogP contribution in [0.4, 0.5) is 0 Å². The van der Waals surface area contributed by atoms with Crippen molar-refractivity contribution < 1.29 is 4.42 Å². The predicted molar refractivity (Wildman–Crippen MR) is 101 cm³/mol. The molecule has 0 amide bonds. The average molecular weight is 335 g/mol. The summed E-state index contributed by atoms with van der Waals surface area (Å²) in [4.78, 5) is 9.58. The van der Waals surface area contributed by atoms with Gasteiger partial charge in [-0.1, -0.05) is 36.4 Å². The molecule has 1 aliphatic rings. The van der Waals surface area contributed by atoms with Crippen LogP contribution in [-0.2, 0) is 6.54 Å². The standard InChI is InChI=1S/C21H25N3O/c1-23-12-10-18(11-13-23)24(2)14-17-15-25-21(22-17)20-9-5-7-16-6-3-4-8-19(16)20/h3-9,15,18H,10-14H2,1-2H3. The minimum atomic E-state index is 0.633. The number of hydrogen-bond donors (Lipinski definition) is 0. The Morgan fingerprint density at radius 3 is 2.72 bits per heavy atom. The van der Waals surface area contributed by atoms with Gasteiger partial charge in [-0.05, 0) is 56.9 Å². The monoisotopic (exact) mass is 335 g/mol. The molecule has 0 unspecified atom stereocenters. The predicted octanol–water partition coefficient (Wildman–Crippen LogP) is 4.02. The first-order valence-corrected chi connectivity index (χ1v) is 9.02. The number of fused-ring (bicyclic) bond motifs is 1. The van der Waals surface area contributed by atoms with Crippen molar-refractivity contribution in [2.24, 2.45) is 0 Å². The highest BCUT2D eigenvalue weighted by Crippen LogP contribution is 2.28. The largest absolute Gasteiger partial charge is 0.444 e. The second kappa shape index (κ2) is 6.98. The average Bonchev–Trinajstić information content (AvgIpc) is 3.10. The Kier molecular flexibility index (Phi) is 4.55. The van der Waals surface area contributed by atoms with E-state index in [1.807, 2.05) is 6.26 Å². The number of likely N-dealkylation sites (tertiary alicyclic amines) is 1. The zero-order valence-corrected chi connectivity index (χ0v) is 15.0. The van der Waals surface area contributed by atoms with E-state index in [1.54, 1.807) is 0 Å². The Morgan fingerprint density at radius 1 is 1.12 bits per heavy atom. The fourth-order valence-corrected chi connectivity index (χ4v) is 3.74. The van der Waals surface area contributed by atoms with E-state index in [4.69, 9.17) is 9.40 Å².